The largest absolute Gasteiger partial charge is 0.368 e. The lowest BCUT2D eigenvalue weighted by Gasteiger charge is -2.22. The van der Waals surface area contributed by atoms with Gasteiger partial charge < -0.3 is 20.8 Å². The van der Waals surface area contributed by atoms with Crippen LogP contribution in [0.15, 0.2) is 90.0 Å². The van der Waals surface area contributed by atoms with E-state index in [-0.39, 0.29) is 17.9 Å². The number of imidazole rings is 1. The number of anilines is 2. The maximum absolute atomic E-state index is 13.9. The molecular formula is C29H26N8O2. The number of hydrogen-bond acceptors (Lipinski definition) is 8. The molecule has 3 aromatic carbocycles. The molecule has 6 rings (SSSR count). The number of nitrogens with two attached hydrogens (primary N) is 1. The number of rotatable bonds is 8. The van der Waals surface area contributed by atoms with Crippen LogP contribution in [-0.4, -0.2) is 35.7 Å². The number of H-pyrrole nitrogens is 1. The highest BCUT2D eigenvalue weighted by atomic mass is 16.5. The summed E-state index contributed by atoms with van der Waals surface area (Å²) < 4.78 is 8.01. The van der Waals surface area contributed by atoms with Crippen LogP contribution in [0.25, 0.3) is 27.8 Å². The summed E-state index contributed by atoms with van der Waals surface area (Å²) in [5.41, 5.74) is 10.1. The van der Waals surface area contributed by atoms with Crippen molar-refractivity contribution in [2.75, 3.05) is 11.1 Å². The molecule has 0 aliphatic rings. The average Bonchev–Trinajstić information content (AvgIpc) is 3.41. The third-order valence-electron chi connectivity index (χ3n) is 6.45. The van der Waals surface area contributed by atoms with E-state index in [1.807, 2.05) is 85.8 Å². The standard InChI is InChI=1S/C29H26N8O2/c1-18-9-8-14-21-24(18)28(38)37(20-12-6-3-7-13-20)22(33-21)15-23(39-16-19-10-4-2-5-11-19)34-27-25-26(32-17-31-25)35-29(30)36-27/h2-14,17,23H,15-16H2,1H3,(H4,30,31,32,34,35,36). The highest BCUT2D eigenvalue weighted by Crippen LogP contribution is 2.22. The van der Waals surface area contributed by atoms with Gasteiger partial charge in [-0.3, -0.25) is 9.36 Å². The monoisotopic (exact) mass is 518 g/mol. The molecule has 0 radical (unpaired) electrons. The smallest absolute Gasteiger partial charge is 0.266 e. The van der Waals surface area contributed by atoms with Crippen LogP contribution in [-0.2, 0) is 17.8 Å². The van der Waals surface area contributed by atoms with E-state index < -0.39 is 6.23 Å². The summed E-state index contributed by atoms with van der Waals surface area (Å²) in [6, 6.07) is 25.0. The van der Waals surface area contributed by atoms with Crippen molar-refractivity contribution in [2.45, 2.75) is 26.2 Å². The van der Waals surface area contributed by atoms with E-state index in [1.165, 1.54) is 6.33 Å². The van der Waals surface area contributed by atoms with E-state index in [0.29, 0.717) is 40.3 Å². The van der Waals surface area contributed by atoms with Gasteiger partial charge in [-0.2, -0.15) is 9.97 Å². The highest BCUT2D eigenvalue weighted by molar-refractivity contribution is 5.83. The molecule has 0 bridgehead atoms. The van der Waals surface area contributed by atoms with Gasteiger partial charge >= 0.3 is 0 Å². The van der Waals surface area contributed by atoms with Gasteiger partial charge in [0.1, 0.15) is 17.6 Å². The molecule has 0 aliphatic carbocycles. The Bertz CT molecular complexity index is 1820. The normalized spacial score (nSPS) is 12.1. The number of para-hydroxylation sites is 1. The van der Waals surface area contributed by atoms with Crippen LogP contribution in [0.3, 0.4) is 0 Å². The molecule has 0 saturated carbocycles. The fourth-order valence-electron chi connectivity index (χ4n) is 4.62. The van der Waals surface area contributed by atoms with Gasteiger partial charge in [0.25, 0.3) is 5.56 Å². The van der Waals surface area contributed by atoms with E-state index in [1.54, 1.807) is 4.57 Å². The van der Waals surface area contributed by atoms with Crippen LogP contribution >= 0.6 is 0 Å². The van der Waals surface area contributed by atoms with Crippen LogP contribution in [0, 0.1) is 6.92 Å². The summed E-state index contributed by atoms with van der Waals surface area (Å²) in [4.78, 5) is 34.7. The number of benzene rings is 3. The Morgan fingerprint density at radius 1 is 0.974 bits per heavy atom. The number of aromatic amines is 1. The molecule has 0 saturated heterocycles. The summed E-state index contributed by atoms with van der Waals surface area (Å²) in [7, 11) is 0. The van der Waals surface area contributed by atoms with Crippen molar-refractivity contribution in [1.29, 1.82) is 0 Å². The molecule has 4 N–H and O–H groups in total. The number of hydrogen-bond donors (Lipinski definition) is 3. The highest BCUT2D eigenvalue weighted by Gasteiger charge is 2.21. The van der Waals surface area contributed by atoms with Crippen LogP contribution in [0.1, 0.15) is 17.0 Å². The molecule has 0 amide bonds. The van der Waals surface area contributed by atoms with Gasteiger partial charge in [0.2, 0.25) is 5.95 Å². The zero-order valence-corrected chi connectivity index (χ0v) is 21.2. The summed E-state index contributed by atoms with van der Waals surface area (Å²) >= 11 is 0. The van der Waals surface area contributed by atoms with Gasteiger partial charge in [0.15, 0.2) is 11.5 Å². The number of nitrogens with zero attached hydrogens (tertiary/aromatic N) is 5. The molecule has 0 spiro atoms. The Morgan fingerprint density at radius 3 is 2.54 bits per heavy atom. The third kappa shape index (κ3) is 4.92. The second kappa shape index (κ2) is 10.3. The molecule has 194 valence electrons. The van der Waals surface area contributed by atoms with Crippen molar-refractivity contribution >= 4 is 33.8 Å². The van der Waals surface area contributed by atoms with Gasteiger partial charge in [0.05, 0.1) is 35.9 Å². The first-order valence-corrected chi connectivity index (χ1v) is 12.5. The topological polar surface area (TPSA) is 137 Å². The zero-order valence-electron chi connectivity index (χ0n) is 21.2. The number of fused-ring (bicyclic) bond motifs is 2. The Balaban J connectivity index is 1.45. The van der Waals surface area contributed by atoms with E-state index in [0.717, 1.165) is 16.8 Å². The van der Waals surface area contributed by atoms with E-state index in [2.05, 4.69) is 25.3 Å². The van der Waals surface area contributed by atoms with E-state index in [4.69, 9.17) is 15.5 Å². The summed E-state index contributed by atoms with van der Waals surface area (Å²) in [6.45, 7) is 2.25. The quantitative estimate of drug-likeness (QED) is 0.256. The molecule has 39 heavy (non-hydrogen) atoms. The predicted molar refractivity (Wildman–Crippen MR) is 151 cm³/mol. The van der Waals surface area contributed by atoms with Gasteiger partial charge in [-0.05, 0) is 36.2 Å². The molecule has 1 unspecified atom stereocenters. The Labute approximate surface area is 223 Å². The van der Waals surface area contributed by atoms with Crippen LogP contribution < -0.4 is 16.6 Å². The van der Waals surface area contributed by atoms with Crippen molar-refractivity contribution < 1.29 is 4.74 Å². The Kier molecular flexibility index (Phi) is 6.44. The van der Waals surface area contributed by atoms with Crippen molar-refractivity contribution in [3.05, 3.63) is 112 Å². The summed E-state index contributed by atoms with van der Waals surface area (Å²) in [5, 5.41) is 3.93. The fourth-order valence-corrected chi connectivity index (χ4v) is 4.62. The molecule has 6 aromatic rings. The first kappa shape index (κ1) is 24.3. The first-order valence-electron chi connectivity index (χ1n) is 12.5. The second-order valence-corrected chi connectivity index (χ2v) is 9.14. The fraction of sp³-hybridized carbons (Fsp3) is 0.138. The molecular weight excluding hydrogens is 492 g/mol. The average molecular weight is 519 g/mol. The minimum atomic E-state index is -0.630. The molecule has 1 atom stereocenters. The van der Waals surface area contributed by atoms with Crippen LogP contribution in [0.4, 0.5) is 11.8 Å². The predicted octanol–water partition coefficient (Wildman–Crippen LogP) is 4.14. The lowest BCUT2D eigenvalue weighted by molar-refractivity contribution is 0.0577. The molecule has 10 nitrogen and oxygen atoms in total. The van der Waals surface area contributed by atoms with E-state index >= 15 is 0 Å². The molecule has 3 aromatic heterocycles. The Hall–Kier alpha value is -5.09. The Morgan fingerprint density at radius 2 is 1.74 bits per heavy atom. The SMILES string of the molecule is Cc1cccc2nc(CC(Nc3nc(N)nc4nc[nH]c34)OCc3ccccc3)n(-c3ccccc3)c(=O)c12. The summed E-state index contributed by atoms with van der Waals surface area (Å²) in [6.07, 6.45) is 1.15. The molecule has 0 aliphatic heterocycles. The van der Waals surface area contributed by atoms with Gasteiger partial charge in [-0.15, -0.1) is 0 Å². The number of aryl methyl sites for hydroxylation is 1. The summed E-state index contributed by atoms with van der Waals surface area (Å²) in [5.74, 6) is 1.07. The van der Waals surface area contributed by atoms with Crippen LogP contribution in [0.2, 0.25) is 0 Å². The maximum Gasteiger partial charge on any atom is 0.266 e. The van der Waals surface area contributed by atoms with Crippen LogP contribution in [0.5, 0.6) is 0 Å². The first-order chi connectivity index (χ1) is 19.1. The van der Waals surface area contributed by atoms with Crippen molar-refractivity contribution in [2.24, 2.45) is 0 Å². The number of nitrogens with one attached hydrogen (secondary N) is 2. The minimum Gasteiger partial charge on any atom is -0.368 e. The lowest BCUT2D eigenvalue weighted by Crippen LogP contribution is -2.32. The molecule has 3 heterocycles. The van der Waals surface area contributed by atoms with Gasteiger partial charge in [0, 0.05) is 0 Å². The zero-order chi connectivity index (χ0) is 26.8. The molecule has 0 fully saturated rings. The lowest BCUT2D eigenvalue weighted by atomic mass is 10.1. The van der Waals surface area contributed by atoms with Crippen molar-refractivity contribution in [1.82, 2.24) is 29.5 Å². The van der Waals surface area contributed by atoms with Crippen molar-refractivity contribution in [3.63, 3.8) is 0 Å². The molecule has 10 heteroatoms. The minimum absolute atomic E-state index is 0.0828. The van der Waals surface area contributed by atoms with Gasteiger partial charge in [-0.1, -0.05) is 60.7 Å². The van der Waals surface area contributed by atoms with Gasteiger partial charge in [-0.25, -0.2) is 9.97 Å². The van der Waals surface area contributed by atoms with E-state index in [9.17, 15) is 4.79 Å². The maximum atomic E-state index is 13.9. The number of ether oxygens (including phenoxy) is 1. The van der Waals surface area contributed by atoms with Crippen molar-refractivity contribution in [3.8, 4) is 5.69 Å². The third-order valence-corrected chi connectivity index (χ3v) is 6.45. The number of aromatic nitrogens is 6. The number of nitrogen functional groups attached to an aromatic ring is 1. The second-order valence-electron chi connectivity index (χ2n) is 9.14.